The molecule has 5 rings (SSSR count). The molecule has 0 bridgehead atoms. The summed E-state index contributed by atoms with van der Waals surface area (Å²) in [5.41, 5.74) is 4.87. The van der Waals surface area contributed by atoms with Gasteiger partial charge in [0.15, 0.2) is 0 Å². The quantitative estimate of drug-likeness (QED) is 0.566. The highest BCUT2D eigenvalue weighted by atomic mass is 16.5. The van der Waals surface area contributed by atoms with Gasteiger partial charge in [0.2, 0.25) is 0 Å². The van der Waals surface area contributed by atoms with E-state index in [9.17, 15) is 0 Å². The number of rotatable bonds is 8. The normalized spacial score (nSPS) is 19.6. The second kappa shape index (κ2) is 10.9. The van der Waals surface area contributed by atoms with Crippen molar-refractivity contribution in [3.63, 3.8) is 0 Å². The van der Waals surface area contributed by atoms with Crippen LogP contribution in [0.3, 0.4) is 0 Å². The first-order chi connectivity index (χ1) is 16.3. The Morgan fingerprint density at radius 1 is 0.879 bits per heavy atom. The number of nitrogens with one attached hydrogen (secondary N) is 1. The summed E-state index contributed by atoms with van der Waals surface area (Å²) < 4.78 is 11.4. The highest BCUT2D eigenvalue weighted by molar-refractivity contribution is 5.64. The summed E-state index contributed by atoms with van der Waals surface area (Å²) >= 11 is 0. The van der Waals surface area contributed by atoms with E-state index in [0.717, 1.165) is 63.9 Å². The van der Waals surface area contributed by atoms with E-state index in [1.165, 1.54) is 16.7 Å². The van der Waals surface area contributed by atoms with Crippen molar-refractivity contribution >= 4 is 5.82 Å². The minimum atomic E-state index is 0.164. The molecule has 2 aromatic carbocycles. The molecule has 0 spiro atoms. The highest BCUT2D eigenvalue weighted by Crippen LogP contribution is 2.26. The van der Waals surface area contributed by atoms with E-state index in [-0.39, 0.29) is 6.10 Å². The van der Waals surface area contributed by atoms with Crippen LogP contribution in [0, 0.1) is 0 Å². The van der Waals surface area contributed by atoms with Crippen LogP contribution in [-0.2, 0) is 16.0 Å². The molecule has 6 nitrogen and oxygen atoms in total. The largest absolute Gasteiger partial charge is 0.379 e. The molecule has 2 saturated heterocycles. The van der Waals surface area contributed by atoms with Crippen molar-refractivity contribution in [1.29, 1.82) is 0 Å². The maximum absolute atomic E-state index is 5.99. The predicted octanol–water partition coefficient (Wildman–Crippen LogP) is 4.02. The van der Waals surface area contributed by atoms with Gasteiger partial charge in [-0.25, -0.2) is 4.98 Å². The Kier molecular flexibility index (Phi) is 7.28. The van der Waals surface area contributed by atoms with Crippen LogP contribution in [0.2, 0.25) is 0 Å². The molecule has 0 aliphatic carbocycles. The first kappa shape index (κ1) is 22.0. The molecule has 6 heteroatoms. The van der Waals surface area contributed by atoms with E-state index in [1.54, 1.807) is 0 Å². The molecule has 1 N–H and O–H groups in total. The number of ether oxygens (including phenoxy) is 2. The Hall–Kier alpha value is -2.77. The van der Waals surface area contributed by atoms with Crippen molar-refractivity contribution in [3.8, 4) is 11.1 Å². The van der Waals surface area contributed by atoms with E-state index < -0.39 is 0 Å². The third-order valence-corrected chi connectivity index (χ3v) is 6.35. The van der Waals surface area contributed by atoms with Gasteiger partial charge in [-0.05, 0) is 28.8 Å². The minimum absolute atomic E-state index is 0.164. The van der Waals surface area contributed by atoms with Crippen molar-refractivity contribution in [1.82, 2.24) is 14.8 Å². The Morgan fingerprint density at radius 2 is 1.67 bits per heavy atom. The van der Waals surface area contributed by atoms with Gasteiger partial charge in [-0.1, -0.05) is 54.6 Å². The molecule has 172 valence electrons. The van der Waals surface area contributed by atoms with Crippen LogP contribution >= 0.6 is 0 Å². The number of anilines is 1. The average molecular weight is 445 g/mol. The van der Waals surface area contributed by atoms with Gasteiger partial charge in [0.05, 0.1) is 19.3 Å². The fourth-order valence-electron chi connectivity index (χ4n) is 4.41. The molecule has 1 atom stereocenters. The van der Waals surface area contributed by atoms with Gasteiger partial charge < -0.3 is 14.8 Å². The minimum Gasteiger partial charge on any atom is -0.379 e. The van der Waals surface area contributed by atoms with E-state index in [1.807, 2.05) is 12.3 Å². The van der Waals surface area contributed by atoms with Gasteiger partial charge in [0.1, 0.15) is 12.5 Å². The van der Waals surface area contributed by atoms with Crippen molar-refractivity contribution in [2.24, 2.45) is 0 Å². The summed E-state index contributed by atoms with van der Waals surface area (Å²) in [6.07, 6.45) is 2.11. The number of nitrogens with zero attached hydrogens (tertiary/aromatic N) is 3. The molecule has 1 unspecified atom stereocenters. The molecule has 2 aliphatic rings. The molecule has 33 heavy (non-hydrogen) atoms. The van der Waals surface area contributed by atoms with Gasteiger partial charge in [-0.3, -0.25) is 9.80 Å². The Morgan fingerprint density at radius 3 is 2.42 bits per heavy atom. The predicted molar refractivity (Wildman–Crippen MR) is 131 cm³/mol. The molecule has 0 radical (unpaired) electrons. The molecule has 2 aliphatic heterocycles. The number of hydrogen-bond donors (Lipinski definition) is 1. The lowest BCUT2D eigenvalue weighted by Crippen LogP contribution is -2.39. The van der Waals surface area contributed by atoms with Crippen molar-refractivity contribution < 1.29 is 9.47 Å². The van der Waals surface area contributed by atoms with Gasteiger partial charge >= 0.3 is 0 Å². The first-order valence-corrected chi connectivity index (χ1v) is 11.8. The van der Waals surface area contributed by atoms with Crippen molar-refractivity contribution in [3.05, 3.63) is 84.1 Å². The topological polar surface area (TPSA) is 49.9 Å². The van der Waals surface area contributed by atoms with Gasteiger partial charge in [-0.15, -0.1) is 0 Å². The zero-order valence-electron chi connectivity index (χ0n) is 19.0. The lowest BCUT2D eigenvalue weighted by Gasteiger charge is -2.26. The second-order valence-electron chi connectivity index (χ2n) is 8.72. The van der Waals surface area contributed by atoms with Crippen LogP contribution in [0.5, 0.6) is 0 Å². The smallest absolute Gasteiger partial charge is 0.125 e. The molecule has 2 fully saturated rings. The fraction of sp³-hybridized carbons (Fsp3) is 0.370. The lowest BCUT2D eigenvalue weighted by molar-refractivity contribution is 0.0398. The zero-order valence-corrected chi connectivity index (χ0v) is 19.0. The van der Waals surface area contributed by atoms with Gasteiger partial charge in [0, 0.05) is 51.0 Å². The van der Waals surface area contributed by atoms with Crippen LogP contribution in [0.15, 0.2) is 72.9 Å². The Bertz CT molecular complexity index is 989. The summed E-state index contributed by atoms with van der Waals surface area (Å²) in [5, 5.41) is 3.42. The van der Waals surface area contributed by atoms with E-state index in [2.05, 4.69) is 80.8 Å². The average Bonchev–Trinajstić information content (AvgIpc) is 3.35. The maximum Gasteiger partial charge on any atom is 0.125 e. The van der Waals surface area contributed by atoms with E-state index in [4.69, 9.17) is 9.47 Å². The van der Waals surface area contributed by atoms with Gasteiger partial charge in [-0.2, -0.15) is 0 Å². The molecular formula is C27H32N4O2. The first-order valence-electron chi connectivity index (χ1n) is 11.8. The number of morpholine rings is 1. The number of hydrogen-bond acceptors (Lipinski definition) is 6. The molecule has 3 heterocycles. The van der Waals surface area contributed by atoms with Crippen molar-refractivity contribution in [2.45, 2.75) is 12.6 Å². The molecule has 0 saturated carbocycles. The Labute approximate surface area is 196 Å². The molecule has 0 amide bonds. The van der Waals surface area contributed by atoms with Crippen LogP contribution in [0.25, 0.3) is 11.1 Å². The highest BCUT2D eigenvalue weighted by Gasteiger charge is 2.24. The van der Waals surface area contributed by atoms with Crippen molar-refractivity contribution in [2.75, 3.05) is 58.0 Å². The molecular weight excluding hydrogens is 412 g/mol. The fourth-order valence-corrected chi connectivity index (χ4v) is 4.41. The summed E-state index contributed by atoms with van der Waals surface area (Å²) in [6, 6.07) is 23.5. The van der Waals surface area contributed by atoms with E-state index >= 15 is 0 Å². The summed E-state index contributed by atoms with van der Waals surface area (Å²) in [6.45, 7) is 8.12. The lowest BCUT2D eigenvalue weighted by atomic mass is 10.1. The SMILES string of the molecule is c1ccc(C2CN(Cc3ccc(-c4ccc(NCCN5CCOCC5)nc4)cc3)CO2)cc1. The summed E-state index contributed by atoms with van der Waals surface area (Å²) in [5.74, 6) is 0.922. The monoisotopic (exact) mass is 444 g/mol. The molecule has 3 aromatic rings. The number of aromatic nitrogens is 1. The van der Waals surface area contributed by atoms with Crippen LogP contribution in [-0.4, -0.2) is 67.5 Å². The number of pyridine rings is 1. The summed E-state index contributed by atoms with van der Waals surface area (Å²) in [4.78, 5) is 9.37. The van der Waals surface area contributed by atoms with Crippen LogP contribution in [0.4, 0.5) is 5.82 Å². The Balaban J connectivity index is 1.10. The third-order valence-electron chi connectivity index (χ3n) is 6.35. The second-order valence-corrected chi connectivity index (χ2v) is 8.72. The zero-order chi connectivity index (χ0) is 22.3. The van der Waals surface area contributed by atoms with Crippen LogP contribution in [0.1, 0.15) is 17.2 Å². The van der Waals surface area contributed by atoms with Crippen LogP contribution < -0.4 is 5.32 Å². The number of benzene rings is 2. The third kappa shape index (κ3) is 5.97. The standard InChI is InChI=1S/C27H32N4O2/c1-2-4-24(5-3-1)26-20-31(21-33-26)19-22-6-8-23(9-7-22)25-10-11-27(29-18-25)28-12-13-30-14-16-32-17-15-30/h1-11,18,26H,12-17,19-21H2,(H,28,29). The summed E-state index contributed by atoms with van der Waals surface area (Å²) in [7, 11) is 0. The van der Waals surface area contributed by atoms with Gasteiger partial charge in [0.25, 0.3) is 0 Å². The van der Waals surface area contributed by atoms with E-state index in [0.29, 0.717) is 6.73 Å². The maximum atomic E-state index is 5.99. The molecule has 1 aromatic heterocycles.